The Morgan fingerprint density at radius 1 is 1.50 bits per heavy atom. The van der Waals surface area contributed by atoms with Gasteiger partial charge in [-0.25, -0.2) is 0 Å². The van der Waals surface area contributed by atoms with Gasteiger partial charge in [0.1, 0.15) is 12.4 Å². The van der Waals surface area contributed by atoms with E-state index in [1.165, 1.54) is 0 Å². The van der Waals surface area contributed by atoms with Crippen LogP contribution in [0.25, 0.3) is 0 Å². The van der Waals surface area contributed by atoms with Crippen LogP contribution in [0, 0.1) is 0 Å². The number of ether oxygens (including phenoxy) is 2. The van der Waals surface area contributed by atoms with Gasteiger partial charge in [-0.2, -0.15) is 0 Å². The fourth-order valence-corrected chi connectivity index (χ4v) is 2.24. The molecule has 1 saturated heterocycles. The number of nitrogens with one attached hydrogen (secondary N) is 1. The van der Waals surface area contributed by atoms with E-state index in [1.807, 2.05) is 18.2 Å². The second kappa shape index (κ2) is 6.98. The van der Waals surface area contributed by atoms with Gasteiger partial charge in [0.15, 0.2) is 0 Å². The second-order valence-electron chi connectivity index (χ2n) is 4.48. The van der Waals surface area contributed by atoms with E-state index in [9.17, 15) is 0 Å². The minimum absolute atomic E-state index is 0.243. The number of rotatable bonds is 6. The second-order valence-corrected chi connectivity index (χ2v) is 4.91. The molecule has 0 radical (unpaired) electrons. The van der Waals surface area contributed by atoms with Gasteiger partial charge < -0.3 is 14.8 Å². The molecule has 0 bridgehead atoms. The Morgan fingerprint density at radius 2 is 2.39 bits per heavy atom. The molecule has 1 aliphatic heterocycles. The Bertz CT molecular complexity index is 378. The molecule has 0 aliphatic carbocycles. The van der Waals surface area contributed by atoms with Crippen LogP contribution in [0.1, 0.15) is 25.3 Å². The topological polar surface area (TPSA) is 30.5 Å². The lowest BCUT2D eigenvalue weighted by molar-refractivity contribution is 0.0676. The predicted molar refractivity (Wildman–Crippen MR) is 73.3 cm³/mol. The average molecular weight is 270 g/mol. The third-order valence-corrected chi connectivity index (χ3v) is 3.27. The third kappa shape index (κ3) is 3.87. The lowest BCUT2D eigenvalue weighted by Crippen LogP contribution is -2.18. The van der Waals surface area contributed by atoms with Crippen LogP contribution >= 0.6 is 11.6 Å². The van der Waals surface area contributed by atoms with Crippen molar-refractivity contribution in [3.63, 3.8) is 0 Å². The van der Waals surface area contributed by atoms with Gasteiger partial charge in [0.05, 0.1) is 6.10 Å². The van der Waals surface area contributed by atoms with Crippen molar-refractivity contribution in [3.05, 3.63) is 28.8 Å². The maximum Gasteiger partial charge on any atom is 0.124 e. The van der Waals surface area contributed by atoms with Crippen LogP contribution in [0.15, 0.2) is 18.2 Å². The predicted octanol–water partition coefficient (Wildman–Crippen LogP) is 3.01. The molecule has 18 heavy (non-hydrogen) atoms. The van der Waals surface area contributed by atoms with Gasteiger partial charge in [-0.05, 0) is 37.6 Å². The summed E-state index contributed by atoms with van der Waals surface area (Å²) in [4.78, 5) is 0. The maximum absolute atomic E-state index is 6.01. The van der Waals surface area contributed by atoms with Crippen LogP contribution in [0.4, 0.5) is 0 Å². The van der Waals surface area contributed by atoms with Gasteiger partial charge in [-0.1, -0.05) is 18.5 Å². The van der Waals surface area contributed by atoms with Gasteiger partial charge in [0.25, 0.3) is 0 Å². The van der Waals surface area contributed by atoms with Crippen LogP contribution < -0.4 is 10.1 Å². The monoisotopic (exact) mass is 269 g/mol. The zero-order chi connectivity index (χ0) is 12.8. The first-order valence-electron chi connectivity index (χ1n) is 6.53. The van der Waals surface area contributed by atoms with Crippen molar-refractivity contribution in [1.29, 1.82) is 0 Å². The fraction of sp³-hybridized carbons (Fsp3) is 0.571. The summed E-state index contributed by atoms with van der Waals surface area (Å²) in [6.07, 6.45) is 2.47. The number of hydrogen-bond donors (Lipinski definition) is 1. The van der Waals surface area contributed by atoms with Crippen molar-refractivity contribution < 1.29 is 9.47 Å². The standard InChI is InChI=1S/C14H20ClNO2/c1-2-16-9-11-8-12(15)5-6-14(11)18-10-13-4-3-7-17-13/h5-6,8,13,16H,2-4,7,9-10H2,1H3. The Morgan fingerprint density at radius 3 is 3.11 bits per heavy atom. The summed E-state index contributed by atoms with van der Waals surface area (Å²) in [5.41, 5.74) is 1.10. The van der Waals surface area contributed by atoms with Gasteiger partial charge in [0.2, 0.25) is 0 Å². The number of hydrogen-bond acceptors (Lipinski definition) is 3. The molecule has 1 fully saturated rings. The van der Waals surface area contributed by atoms with Crippen molar-refractivity contribution >= 4 is 11.6 Å². The first-order valence-corrected chi connectivity index (χ1v) is 6.91. The number of halogens is 1. The highest BCUT2D eigenvalue weighted by Gasteiger charge is 2.16. The lowest BCUT2D eigenvalue weighted by atomic mass is 10.2. The molecule has 0 aromatic heterocycles. The van der Waals surface area contributed by atoms with Crippen LogP contribution in [0.3, 0.4) is 0 Å². The lowest BCUT2D eigenvalue weighted by Gasteiger charge is -2.15. The molecule has 1 atom stereocenters. The van der Waals surface area contributed by atoms with Crippen LogP contribution in [-0.2, 0) is 11.3 Å². The minimum Gasteiger partial charge on any atom is -0.491 e. The fourth-order valence-electron chi connectivity index (χ4n) is 2.05. The van der Waals surface area contributed by atoms with Crippen LogP contribution in [-0.4, -0.2) is 25.9 Å². The molecule has 2 rings (SSSR count). The first kappa shape index (κ1) is 13.7. The van der Waals surface area contributed by atoms with Crippen molar-refractivity contribution in [2.24, 2.45) is 0 Å². The van der Waals surface area contributed by atoms with Crippen molar-refractivity contribution in [2.45, 2.75) is 32.4 Å². The molecule has 1 unspecified atom stereocenters. The molecule has 1 N–H and O–H groups in total. The molecule has 1 aliphatic rings. The molecule has 0 spiro atoms. The Balaban J connectivity index is 1.96. The van der Waals surface area contributed by atoms with E-state index in [-0.39, 0.29) is 6.10 Å². The Kier molecular flexibility index (Phi) is 5.29. The molecule has 1 aromatic carbocycles. The highest BCUT2D eigenvalue weighted by Crippen LogP contribution is 2.24. The van der Waals surface area contributed by atoms with E-state index in [0.717, 1.165) is 48.9 Å². The zero-order valence-electron chi connectivity index (χ0n) is 10.7. The SMILES string of the molecule is CCNCc1cc(Cl)ccc1OCC1CCCO1. The van der Waals surface area contributed by atoms with E-state index in [1.54, 1.807) is 0 Å². The van der Waals surface area contributed by atoms with Gasteiger partial charge in [-0.15, -0.1) is 0 Å². The summed E-state index contributed by atoms with van der Waals surface area (Å²) in [5, 5.41) is 4.03. The quantitative estimate of drug-likeness (QED) is 0.861. The zero-order valence-corrected chi connectivity index (χ0v) is 11.5. The smallest absolute Gasteiger partial charge is 0.124 e. The molecule has 4 heteroatoms. The average Bonchev–Trinajstić information content (AvgIpc) is 2.88. The molecule has 100 valence electrons. The summed E-state index contributed by atoms with van der Waals surface area (Å²) < 4.78 is 11.4. The molecule has 0 saturated carbocycles. The van der Waals surface area contributed by atoms with E-state index >= 15 is 0 Å². The molecular weight excluding hydrogens is 250 g/mol. The molecular formula is C14H20ClNO2. The highest BCUT2D eigenvalue weighted by molar-refractivity contribution is 6.30. The normalized spacial score (nSPS) is 19.1. The summed E-state index contributed by atoms with van der Waals surface area (Å²) in [6, 6.07) is 5.75. The Hall–Kier alpha value is -0.770. The largest absolute Gasteiger partial charge is 0.491 e. The summed E-state index contributed by atoms with van der Waals surface area (Å²) in [5.74, 6) is 0.899. The van der Waals surface area contributed by atoms with Gasteiger partial charge in [-0.3, -0.25) is 0 Å². The molecule has 1 heterocycles. The highest BCUT2D eigenvalue weighted by atomic mass is 35.5. The van der Waals surface area contributed by atoms with E-state index in [0.29, 0.717) is 6.61 Å². The minimum atomic E-state index is 0.243. The van der Waals surface area contributed by atoms with Crippen molar-refractivity contribution in [2.75, 3.05) is 19.8 Å². The number of benzene rings is 1. The van der Waals surface area contributed by atoms with Crippen LogP contribution in [0.5, 0.6) is 5.75 Å². The van der Waals surface area contributed by atoms with E-state index < -0.39 is 0 Å². The van der Waals surface area contributed by atoms with Crippen molar-refractivity contribution in [3.8, 4) is 5.75 Å². The summed E-state index contributed by atoms with van der Waals surface area (Å²) in [7, 11) is 0. The Labute approximate surface area is 113 Å². The van der Waals surface area contributed by atoms with Crippen LogP contribution in [0.2, 0.25) is 5.02 Å². The molecule has 3 nitrogen and oxygen atoms in total. The first-order chi connectivity index (χ1) is 8.79. The summed E-state index contributed by atoms with van der Waals surface area (Å²) >= 11 is 6.01. The summed E-state index contributed by atoms with van der Waals surface area (Å²) in [6.45, 7) is 5.27. The van der Waals surface area contributed by atoms with E-state index in [4.69, 9.17) is 21.1 Å². The molecule has 1 aromatic rings. The van der Waals surface area contributed by atoms with Gasteiger partial charge in [0, 0.05) is 23.7 Å². The molecule has 0 amide bonds. The van der Waals surface area contributed by atoms with Crippen molar-refractivity contribution in [1.82, 2.24) is 5.32 Å². The van der Waals surface area contributed by atoms with E-state index in [2.05, 4.69) is 12.2 Å². The maximum atomic E-state index is 6.01. The van der Waals surface area contributed by atoms with Gasteiger partial charge >= 0.3 is 0 Å². The third-order valence-electron chi connectivity index (χ3n) is 3.04.